The molecule has 1 aliphatic heterocycles. The lowest BCUT2D eigenvalue weighted by atomic mass is 10.1. The Balaban J connectivity index is 2.44. The fourth-order valence-electron chi connectivity index (χ4n) is 1.56. The molecule has 1 heterocycles. The maximum absolute atomic E-state index is 11.6. The number of ether oxygens (including phenoxy) is 1. The quantitative estimate of drug-likeness (QED) is 0.625. The molecule has 3 N–H and O–H groups in total. The molecular weight excluding hydrogens is 180 g/mol. The summed E-state index contributed by atoms with van der Waals surface area (Å²) in [6, 6.07) is 0.358. The Morgan fingerprint density at radius 1 is 1.50 bits per heavy atom. The molecule has 1 aliphatic rings. The van der Waals surface area contributed by atoms with Crippen molar-refractivity contribution in [2.45, 2.75) is 45.3 Å². The summed E-state index contributed by atoms with van der Waals surface area (Å²) in [7, 11) is 0. The van der Waals surface area contributed by atoms with E-state index in [0.29, 0.717) is 6.04 Å². The number of carbonyl (C=O) groups excluding carboxylic acids is 1. The highest BCUT2D eigenvalue weighted by atomic mass is 16.6. The summed E-state index contributed by atoms with van der Waals surface area (Å²) in [6.45, 7) is 7.19. The van der Waals surface area contributed by atoms with Gasteiger partial charge in [-0.25, -0.2) is 4.79 Å². The van der Waals surface area contributed by atoms with Crippen LogP contribution >= 0.6 is 0 Å². The lowest BCUT2D eigenvalue weighted by Gasteiger charge is -2.31. The summed E-state index contributed by atoms with van der Waals surface area (Å²) >= 11 is 0. The van der Waals surface area contributed by atoms with E-state index in [-0.39, 0.29) is 6.09 Å². The highest BCUT2D eigenvalue weighted by Gasteiger charge is 2.27. The SMILES string of the molecule is CC(C)(C)OC(=O)N1CCC[C@H]([NH3+])C1. The summed E-state index contributed by atoms with van der Waals surface area (Å²) in [6.07, 6.45) is 1.94. The topological polar surface area (TPSA) is 57.2 Å². The van der Waals surface area contributed by atoms with Crippen molar-refractivity contribution in [1.29, 1.82) is 0 Å². The lowest BCUT2D eigenvalue weighted by Crippen LogP contribution is -2.67. The minimum atomic E-state index is -0.398. The molecule has 1 amide bonds. The van der Waals surface area contributed by atoms with E-state index in [0.717, 1.165) is 25.9 Å². The summed E-state index contributed by atoms with van der Waals surface area (Å²) in [5, 5.41) is 0. The van der Waals surface area contributed by atoms with Crippen LogP contribution in [0.5, 0.6) is 0 Å². The first-order chi connectivity index (χ1) is 6.38. The zero-order valence-electron chi connectivity index (χ0n) is 9.38. The normalized spacial score (nSPS) is 23.4. The van der Waals surface area contributed by atoms with Crippen LogP contribution in [0.1, 0.15) is 33.6 Å². The van der Waals surface area contributed by atoms with Gasteiger partial charge in [-0.2, -0.15) is 0 Å². The predicted molar refractivity (Wildman–Crippen MR) is 53.7 cm³/mol. The molecule has 1 fully saturated rings. The van der Waals surface area contributed by atoms with Crippen LogP contribution in [0.3, 0.4) is 0 Å². The molecule has 4 heteroatoms. The molecule has 1 saturated heterocycles. The number of hydrogen-bond acceptors (Lipinski definition) is 2. The molecule has 0 unspecified atom stereocenters. The molecule has 0 aromatic heterocycles. The third-order valence-corrected chi connectivity index (χ3v) is 2.17. The van der Waals surface area contributed by atoms with Crippen LogP contribution in [0.15, 0.2) is 0 Å². The van der Waals surface area contributed by atoms with Gasteiger partial charge < -0.3 is 15.4 Å². The van der Waals surface area contributed by atoms with Crippen molar-refractivity contribution in [3.05, 3.63) is 0 Å². The molecule has 0 aromatic carbocycles. The first kappa shape index (κ1) is 11.3. The minimum absolute atomic E-state index is 0.203. The fraction of sp³-hybridized carbons (Fsp3) is 0.900. The molecule has 1 atom stereocenters. The van der Waals surface area contributed by atoms with Crippen molar-refractivity contribution < 1.29 is 15.3 Å². The Morgan fingerprint density at radius 3 is 2.64 bits per heavy atom. The van der Waals surface area contributed by atoms with Crippen molar-refractivity contribution in [3.8, 4) is 0 Å². The Hall–Kier alpha value is -0.770. The second kappa shape index (κ2) is 4.17. The van der Waals surface area contributed by atoms with Crippen LogP contribution in [0.25, 0.3) is 0 Å². The molecule has 1 rings (SSSR count). The Labute approximate surface area is 85.4 Å². The second-order valence-corrected chi connectivity index (χ2v) is 4.93. The largest absolute Gasteiger partial charge is 0.444 e. The third-order valence-electron chi connectivity index (χ3n) is 2.17. The van der Waals surface area contributed by atoms with E-state index < -0.39 is 5.60 Å². The van der Waals surface area contributed by atoms with Crippen molar-refractivity contribution >= 4 is 6.09 Å². The van der Waals surface area contributed by atoms with Crippen molar-refractivity contribution in [1.82, 2.24) is 4.90 Å². The molecule has 0 spiro atoms. The average molecular weight is 201 g/mol. The van der Waals surface area contributed by atoms with E-state index >= 15 is 0 Å². The number of hydrogen-bond donors (Lipinski definition) is 1. The molecule has 14 heavy (non-hydrogen) atoms. The van der Waals surface area contributed by atoms with Crippen LogP contribution in [0.2, 0.25) is 0 Å². The average Bonchev–Trinajstić information content (AvgIpc) is 2.01. The number of quaternary nitrogens is 1. The number of piperidine rings is 1. The van der Waals surface area contributed by atoms with Gasteiger partial charge in [-0.1, -0.05) is 0 Å². The summed E-state index contributed by atoms with van der Waals surface area (Å²) in [5.74, 6) is 0. The van der Waals surface area contributed by atoms with Gasteiger partial charge in [0.05, 0.1) is 6.54 Å². The predicted octanol–water partition coefficient (Wildman–Crippen LogP) is 0.628. The monoisotopic (exact) mass is 201 g/mol. The number of amides is 1. The van der Waals surface area contributed by atoms with E-state index in [9.17, 15) is 4.79 Å². The van der Waals surface area contributed by atoms with Crippen molar-refractivity contribution in [3.63, 3.8) is 0 Å². The van der Waals surface area contributed by atoms with Crippen LogP contribution in [0, 0.1) is 0 Å². The summed E-state index contributed by atoms with van der Waals surface area (Å²) < 4.78 is 5.28. The standard InChI is InChI=1S/C10H20N2O2/c1-10(2,3)14-9(13)12-6-4-5-8(11)7-12/h8H,4-7,11H2,1-3H3/p+1/t8-/m0/s1. The lowest BCUT2D eigenvalue weighted by molar-refractivity contribution is -0.425. The van der Waals surface area contributed by atoms with Crippen LogP contribution < -0.4 is 5.73 Å². The Kier molecular flexibility index (Phi) is 3.37. The third kappa shape index (κ3) is 3.54. The molecule has 0 saturated carbocycles. The number of carbonyl (C=O) groups is 1. The van der Waals surface area contributed by atoms with Gasteiger partial charge in [-0.15, -0.1) is 0 Å². The maximum atomic E-state index is 11.6. The van der Waals surface area contributed by atoms with E-state index in [1.54, 1.807) is 4.90 Å². The first-order valence-corrected chi connectivity index (χ1v) is 5.19. The molecule has 0 bridgehead atoms. The zero-order chi connectivity index (χ0) is 10.8. The van der Waals surface area contributed by atoms with Gasteiger partial charge in [0.2, 0.25) is 0 Å². The van der Waals surface area contributed by atoms with Gasteiger partial charge in [0.15, 0.2) is 0 Å². The van der Waals surface area contributed by atoms with Gasteiger partial charge in [0.1, 0.15) is 11.6 Å². The summed E-state index contributed by atoms with van der Waals surface area (Å²) in [5.41, 5.74) is 3.58. The highest BCUT2D eigenvalue weighted by molar-refractivity contribution is 5.68. The van der Waals surface area contributed by atoms with E-state index in [2.05, 4.69) is 5.73 Å². The highest BCUT2D eigenvalue weighted by Crippen LogP contribution is 2.13. The Bertz CT molecular complexity index is 211. The number of rotatable bonds is 0. The van der Waals surface area contributed by atoms with Gasteiger partial charge in [-0.05, 0) is 27.2 Å². The fourth-order valence-corrected chi connectivity index (χ4v) is 1.56. The van der Waals surface area contributed by atoms with Gasteiger partial charge in [0.25, 0.3) is 0 Å². The molecule has 4 nitrogen and oxygen atoms in total. The molecule has 0 radical (unpaired) electrons. The smallest absolute Gasteiger partial charge is 0.410 e. The molecular formula is C10H21N2O2+. The van der Waals surface area contributed by atoms with E-state index in [4.69, 9.17) is 4.74 Å². The molecule has 0 aliphatic carbocycles. The van der Waals surface area contributed by atoms with E-state index in [1.807, 2.05) is 20.8 Å². The van der Waals surface area contributed by atoms with Crippen molar-refractivity contribution in [2.75, 3.05) is 13.1 Å². The van der Waals surface area contributed by atoms with Crippen molar-refractivity contribution in [2.24, 2.45) is 0 Å². The minimum Gasteiger partial charge on any atom is -0.444 e. The van der Waals surface area contributed by atoms with Crippen LogP contribution in [-0.2, 0) is 4.74 Å². The van der Waals surface area contributed by atoms with Gasteiger partial charge >= 0.3 is 6.09 Å². The Morgan fingerprint density at radius 2 is 2.14 bits per heavy atom. The number of likely N-dealkylation sites (tertiary alicyclic amines) is 1. The number of nitrogens with zero attached hydrogens (tertiary/aromatic N) is 1. The van der Waals surface area contributed by atoms with Gasteiger partial charge in [-0.3, -0.25) is 0 Å². The summed E-state index contributed by atoms with van der Waals surface area (Å²) in [4.78, 5) is 13.4. The van der Waals surface area contributed by atoms with Crippen LogP contribution in [0.4, 0.5) is 4.79 Å². The van der Waals surface area contributed by atoms with Crippen LogP contribution in [-0.4, -0.2) is 35.7 Å². The maximum Gasteiger partial charge on any atom is 0.410 e. The van der Waals surface area contributed by atoms with E-state index in [1.165, 1.54) is 0 Å². The zero-order valence-corrected chi connectivity index (χ0v) is 9.38. The molecule has 0 aromatic rings. The first-order valence-electron chi connectivity index (χ1n) is 5.19. The molecule has 82 valence electrons. The second-order valence-electron chi connectivity index (χ2n) is 4.93. The van der Waals surface area contributed by atoms with Gasteiger partial charge in [0, 0.05) is 13.0 Å².